The lowest BCUT2D eigenvalue weighted by Gasteiger charge is -2.26. The molecule has 1 saturated heterocycles. The van der Waals surface area contributed by atoms with Gasteiger partial charge in [-0.1, -0.05) is 19.3 Å². The van der Waals surface area contributed by atoms with Gasteiger partial charge < -0.3 is 20.4 Å². The molecule has 6 heteroatoms. The maximum Gasteiger partial charge on any atom is 0.317 e. The van der Waals surface area contributed by atoms with E-state index in [1.165, 1.54) is 0 Å². The first kappa shape index (κ1) is 15.1. The predicted octanol–water partition coefficient (Wildman–Crippen LogP) is 1.19. The molecular weight excluding hydrogens is 260 g/mol. The van der Waals surface area contributed by atoms with Crippen molar-refractivity contribution in [1.82, 2.24) is 10.2 Å². The number of aliphatic carboxylic acids is 1. The summed E-state index contributed by atoms with van der Waals surface area (Å²) >= 11 is 0. The predicted molar refractivity (Wildman–Crippen MR) is 73.3 cm³/mol. The molecule has 114 valence electrons. The van der Waals surface area contributed by atoms with Gasteiger partial charge in [0.05, 0.1) is 17.6 Å². The van der Waals surface area contributed by atoms with Crippen molar-refractivity contribution < 1.29 is 19.8 Å². The molecule has 2 amide bonds. The number of aliphatic hydroxyl groups excluding tert-OH is 1. The quantitative estimate of drug-likeness (QED) is 0.664. The Hall–Kier alpha value is -1.30. The molecule has 1 saturated carbocycles. The number of carboxylic acid groups (broad SMARTS) is 1. The molecular formula is C14H24N2O4. The highest BCUT2D eigenvalue weighted by Crippen LogP contribution is 2.30. The van der Waals surface area contributed by atoms with Crippen LogP contribution in [0.2, 0.25) is 0 Å². The van der Waals surface area contributed by atoms with Crippen LogP contribution < -0.4 is 5.32 Å². The Bertz CT molecular complexity index is 387. The number of rotatable bonds is 2. The average Bonchev–Trinajstić information content (AvgIpc) is 2.70. The number of amides is 2. The van der Waals surface area contributed by atoms with Crippen molar-refractivity contribution in [3.8, 4) is 0 Å². The smallest absolute Gasteiger partial charge is 0.317 e. The minimum atomic E-state index is -0.859. The molecule has 6 nitrogen and oxygen atoms in total. The molecule has 0 aromatic rings. The third kappa shape index (κ3) is 3.23. The van der Waals surface area contributed by atoms with Crippen molar-refractivity contribution in [3.05, 3.63) is 0 Å². The molecule has 1 heterocycles. The number of carbonyl (C=O) groups excluding carboxylic acids is 1. The van der Waals surface area contributed by atoms with Crippen molar-refractivity contribution in [2.45, 2.75) is 57.6 Å². The van der Waals surface area contributed by atoms with Gasteiger partial charge in [-0.15, -0.1) is 0 Å². The van der Waals surface area contributed by atoms with Crippen molar-refractivity contribution in [1.29, 1.82) is 0 Å². The van der Waals surface area contributed by atoms with Gasteiger partial charge in [0.1, 0.15) is 0 Å². The molecule has 3 N–H and O–H groups in total. The second kappa shape index (κ2) is 5.99. The number of carbonyl (C=O) groups is 2. The van der Waals surface area contributed by atoms with Gasteiger partial charge >= 0.3 is 12.0 Å². The number of likely N-dealkylation sites (tertiary alicyclic amines) is 1. The van der Waals surface area contributed by atoms with Gasteiger partial charge in [-0.3, -0.25) is 4.79 Å². The van der Waals surface area contributed by atoms with E-state index >= 15 is 0 Å². The SMILES string of the molecule is CC1(C(=O)O)CCN(C(=O)NC2CCCCCC2O)C1. The lowest BCUT2D eigenvalue weighted by atomic mass is 9.90. The van der Waals surface area contributed by atoms with Crippen molar-refractivity contribution in [2.75, 3.05) is 13.1 Å². The summed E-state index contributed by atoms with van der Waals surface area (Å²) in [5, 5.41) is 22.0. The third-order valence-corrected chi connectivity index (χ3v) is 4.57. The van der Waals surface area contributed by atoms with E-state index in [2.05, 4.69) is 5.32 Å². The van der Waals surface area contributed by atoms with Crippen molar-refractivity contribution in [3.63, 3.8) is 0 Å². The Morgan fingerprint density at radius 2 is 1.95 bits per heavy atom. The van der Waals surface area contributed by atoms with Gasteiger partial charge in [0, 0.05) is 13.1 Å². The van der Waals surface area contributed by atoms with Gasteiger partial charge in [0.15, 0.2) is 0 Å². The highest BCUT2D eigenvalue weighted by atomic mass is 16.4. The standard InChI is InChI=1S/C14H24N2O4/c1-14(12(18)19)7-8-16(9-14)13(20)15-10-5-3-2-4-6-11(10)17/h10-11,17H,2-9H2,1H3,(H,15,20)(H,18,19). The molecule has 2 fully saturated rings. The van der Waals surface area contributed by atoms with E-state index in [1.807, 2.05) is 0 Å². The number of aliphatic hydroxyl groups is 1. The minimum Gasteiger partial charge on any atom is -0.481 e. The second-order valence-corrected chi connectivity index (χ2v) is 6.30. The van der Waals surface area contributed by atoms with Crippen LogP contribution in [-0.2, 0) is 4.79 Å². The summed E-state index contributed by atoms with van der Waals surface area (Å²) in [6.07, 6.45) is 4.58. The molecule has 1 aliphatic carbocycles. The Balaban J connectivity index is 1.90. The van der Waals surface area contributed by atoms with Crippen molar-refractivity contribution in [2.24, 2.45) is 5.41 Å². The normalized spacial score (nSPS) is 34.6. The fourth-order valence-corrected chi connectivity index (χ4v) is 3.02. The van der Waals surface area contributed by atoms with Crippen LogP contribution in [0.25, 0.3) is 0 Å². The number of hydrogen-bond donors (Lipinski definition) is 3. The number of nitrogens with zero attached hydrogens (tertiary/aromatic N) is 1. The number of hydrogen-bond acceptors (Lipinski definition) is 3. The molecule has 0 aromatic carbocycles. The molecule has 0 radical (unpaired) electrons. The van der Waals surface area contributed by atoms with Crippen LogP contribution in [0.1, 0.15) is 45.4 Å². The van der Waals surface area contributed by atoms with E-state index in [0.29, 0.717) is 13.0 Å². The number of nitrogens with one attached hydrogen (secondary N) is 1. The fourth-order valence-electron chi connectivity index (χ4n) is 3.02. The first-order valence-electron chi connectivity index (χ1n) is 7.39. The van der Waals surface area contributed by atoms with E-state index in [9.17, 15) is 19.8 Å². The molecule has 2 rings (SSSR count). The monoisotopic (exact) mass is 284 g/mol. The second-order valence-electron chi connectivity index (χ2n) is 6.30. The lowest BCUT2D eigenvalue weighted by Crippen LogP contribution is -2.49. The largest absolute Gasteiger partial charge is 0.481 e. The van der Waals surface area contributed by atoms with Crippen LogP contribution in [0.4, 0.5) is 4.79 Å². The van der Waals surface area contributed by atoms with E-state index in [-0.39, 0.29) is 18.6 Å². The van der Waals surface area contributed by atoms with Gasteiger partial charge in [0.2, 0.25) is 0 Å². The Labute approximate surface area is 119 Å². The lowest BCUT2D eigenvalue weighted by molar-refractivity contribution is -0.147. The van der Waals surface area contributed by atoms with Crippen LogP contribution in [0.3, 0.4) is 0 Å². The molecule has 0 bridgehead atoms. The first-order chi connectivity index (χ1) is 9.42. The Kier molecular flexibility index (Phi) is 4.52. The molecule has 1 aliphatic heterocycles. The molecule has 3 atom stereocenters. The Morgan fingerprint density at radius 3 is 2.60 bits per heavy atom. The minimum absolute atomic E-state index is 0.207. The maximum atomic E-state index is 12.2. The molecule has 0 aromatic heterocycles. The zero-order chi connectivity index (χ0) is 14.8. The molecule has 3 unspecified atom stereocenters. The Morgan fingerprint density at radius 1 is 1.25 bits per heavy atom. The highest BCUT2D eigenvalue weighted by molar-refractivity contribution is 5.79. The first-order valence-corrected chi connectivity index (χ1v) is 7.39. The van der Waals surface area contributed by atoms with Gasteiger partial charge in [-0.25, -0.2) is 4.79 Å². The molecule has 2 aliphatic rings. The molecule has 0 spiro atoms. The topological polar surface area (TPSA) is 89.9 Å². The zero-order valence-corrected chi connectivity index (χ0v) is 12.0. The summed E-state index contributed by atoms with van der Waals surface area (Å²) in [4.78, 5) is 24.9. The number of urea groups is 1. The van der Waals surface area contributed by atoms with Crippen molar-refractivity contribution >= 4 is 12.0 Å². The fraction of sp³-hybridized carbons (Fsp3) is 0.857. The third-order valence-electron chi connectivity index (χ3n) is 4.57. The summed E-state index contributed by atoms with van der Waals surface area (Å²) in [5.41, 5.74) is -0.848. The van der Waals surface area contributed by atoms with Crippen LogP contribution >= 0.6 is 0 Å². The summed E-state index contributed by atoms with van der Waals surface area (Å²) in [6, 6.07) is -0.456. The van der Waals surface area contributed by atoms with Gasteiger partial charge in [0.25, 0.3) is 0 Å². The molecule has 20 heavy (non-hydrogen) atoms. The van der Waals surface area contributed by atoms with Crippen LogP contribution in [0.5, 0.6) is 0 Å². The van der Waals surface area contributed by atoms with Crippen LogP contribution in [-0.4, -0.2) is 52.3 Å². The van der Waals surface area contributed by atoms with Gasteiger partial charge in [-0.2, -0.15) is 0 Å². The summed E-state index contributed by atoms with van der Waals surface area (Å²) < 4.78 is 0. The van der Waals surface area contributed by atoms with E-state index in [0.717, 1.165) is 32.1 Å². The number of carboxylic acids is 1. The summed E-state index contributed by atoms with van der Waals surface area (Å²) in [6.45, 7) is 2.36. The summed E-state index contributed by atoms with van der Waals surface area (Å²) in [7, 11) is 0. The van der Waals surface area contributed by atoms with E-state index < -0.39 is 17.5 Å². The van der Waals surface area contributed by atoms with E-state index in [1.54, 1.807) is 11.8 Å². The average molecular weight is 284 g/mol. The van der Waals surface area contributed by atoms with Crippen LogP contribution in [0, 0.1) is 5.41 Å². The zero-order valence-electron chi connectivity index (χ0n) is 12.0. The summed E-state index contributed by atoms with van der Waals surface area (Å²) in [5.74, 6) is -0.859. The van der Waals surface area contributed by atoms with E-state index in [4.69, 9.17) is 0 Å². The van der Waals surface area contributed by atoms with Crippen LogP contribution in [0.15, 0.2) is 0 Å². The maximum absolute atomic E-state index is 12.2. The highest BCUT2D eigenvalue weighted by Gasteiger charge is 2.42. The van der Waals surface area contributed by atoms with Gasteiger partial charge in [-0.05, 0) is 26.2 Å².